The first-order valence-corrected chi connectivity index (χ1v) is 11.8. The standard InChI is InChI=1S/C18H25O9PS/c1-6-13-11-9-10-12-14(13)29(22,23)16(18(20)25-5)15(17(19)24-4)28(21,26-7-2)27-8-3/h9-12H,6-8H2,1-5H3/b16-15+. The summed E-state index contributed by atoms with van der Waals surface area (Å²) in [6.07, 6.45) is 0.325. The molecule has 1 aromatic rings. The van der Waals surface area contributed by atoms with Crippen molar-refractivity contribution in [2.75, 3.05) is 27.4 Å². The van der Waals surface area contributed by atoms with E-state index in [0.29, 0.717) is 12.0 Å². The molecule has 0 aliphatic rings. The third kappa shape index (κ3) is 5.33. The smallest absolute Gasteiger partial charge is 0.370 e. The summed E-state index contributed by atoms with van der Waals surface area (Å²) in [7, 11) is -7.31. The highest BCUT2D eigenvalue weighted by Gasteiger charge is 2.46. The summed E-state index contributed by atoms with van der Waals surface area (Å²) < 4.78 is 59.7. The fourth-order valence-corrected chi connectivity index (χ4v) is 6.57. The van der Waals surface area contributed by atoms with Crippen LogP contribution in [-0.2, 0) is 48.9 Å². The number of aryl methyl sites for hydroxylation is 1. The van der Waals surface area contributed by atoms with E-state index in [4.69, 9.17) is 9.05 Å². The number of carbonyl (C=O) groups excluding carboxylic acids is 2. The van der Waals surface area contributed by atoms with Crippen molar-refractivity contribution in [3.63, 3.8) is 0 Å². The zero-order valence-corrected chi connectivity index (χ0v) is 18.7. The molecule has 0 bridgehead atoms. The first-order valence-electron chi connectivity index (χ1n) is 8.78. The monoisotopic (exact) mass is 448 g/mol. The minimum atomic E-state index is -4.66. The maximum Gasteiger partial charge on any atom is 0.370 e. The minimum Gasteiger partial charge on any atom is -0.465 e. The number of rotatable bonds is 10. The van der Waals surface area contributed by atoms with Crippen molar-refractivity contribution in [3.8, 4) is 0 Å². The number of ether oxygens (including phenoxy) is 2. The van der Waals surface area contributed by atoms with E-state index in [9.17, 15) is 22.6 Å². The Morgan fingerprint density at radius 2 is 1.45 bits per heavy atom. The van der Waals surface area contributed by atoms with Crippen LogP contribution in [0.3, 0.4) is 0 Å². The Morgan fingerprint density at radius 1 is 0.931 bits per heavy atom. The molecule has 0 radical (unpaired) electrons. The van der Waals surface area contributed by atoms with Crippen LogP contribution < -0.4 is 0 Å². The van der Waals surface area contributed by atoms with E-state index in [0.717, 1.165) is 14.2 Å². The van der Waals surface area contributed by atoms with Gasteiger partial charge >= 0.3 is 19.5 Å². The lowest BCUT2D eigenvalue weighted by Crippen LogP contribution is -2.23. The summed E-state index contributed by atoms with van der Waals surface area (Å²) in [6, 6.07) is 5.93. The van der Waals surface area contributed by atoms with E-state index in [-0.39, 0.29) is 18.1 Å². The van der Waals surface area contributed by atoms with Crippen LogP contribution >= 0.6 is 7.60 Å². The Labute approximate surface area is 170 Å². The van der Waals surface area contributed by atoms with Gasteiger partial charge in [0.15, 0.2) is 10.2 Å². The van der Waals surface area contributed by atoms with Gasteiger partial charge in [-0.25, -0.2) is 18.0 Å². The maximum atomic E-state index is 13.4. The van der Waals surface area contributed by atoms with Gasteiger partial charge in [0.05, 0.1) is 32.3 Å². The van der Waals surface area contributed by atoms with Crippen molar-refractivity contribution in [3.05, 3.63) is 40.0 Å². The number of methoxy groups -OCH3 is 2. The molecule has 0 atom stereocenters. The first kappa shape index (κ1) is 25.0. The SMILES string of the molecule is CCOP(=O)(OCC)/C(C(=O)OC)=C(\C(=O)OC)S(=O)(=O)c1ccccc1CC. The Balaban J connectivity index is 4.10. The van der Waals surface area contributed by atoms with Gasteiger partial charge in [-0.2, -0.15) is 0 Å². The molecule has 0 aliphatic carbocycles. The van der Waals surface area contributed by atoms with Crippen LogP contribution in [0.15, 0.2) is 39.4 Å². The van der Waals surface area contributed by atoms with E-state index < -0.39 is 39.6 Å². The summed E-state index contributed by atoms with van der Waals surface area (Å²) in [6.45, 7) is 4.30. The number of carbonyl (C=O) groups is 2. The predicted octanol–water partition coefficient (Wildman–Crippen LogP) is 2.85. The zero-order valence-electron chi connectivity index (χ0n) is 17.0. The maximum absolute atomic E-state index is 13.4. The fourth-order valence-electron chi connectivity index (χ4n) is 2.53. The predicted molar refractivity (Wildman–Crippen MR) is 105 cm³/mol. The van der Waals surface area contributed by atoms with Gasteiger partial charge < -0.3 is 18.5 Å². The van der Waals surface area contributed by atoms with Gasteiger partial charge in [-0.05, 0) is 31.9 Å². The molecular weight excluding hydrogens is 423 g/mol. The van der Waals surface area contributed by atoms with Crippen molar-refractivity contribution in [2.24, 2.45) is 0 Å². The highest BCUT2D eigenvalue weighted by Crippen LogP contribution is 2.58. The molecule has 0 aromatic heterocycles. The number of benzene rings is 1. The molecule has 0 heterocycles. The van der Waals surface area contributed by atoms with Crippen molar-refractivity contribution < 1.29 is 41.1 Å². The molecule has 0 unspecified atom stereocenters. The Bertz CT molecular complexity index is 924. The highest BCUT2D eigenvalue weighted by atomic mass is 32.2. The molecule has 162 valence electrons. The largest absolute Gasteiger partial charge is 0.465 e. The molecule has 0 fully saturated rings. The molecule has 29 heavy (non-hydrogen) atoms. The van der Waals surface area contributed by atoms with Gasteiger partial charge in [-0.3, -0.25) is 4.57 Å². The van der Waals surface area contributed by atoms with E-state index in [1.54, 1.807) is 19.1 Å². The van der Waals surface area contributed by atoms with Crippen LogP contribution in [0.5, 0.6) is 0 Å². The van der Waals surface area contributed by atoms with E-state index in [2.05, 4.69) is 9.47 Å². The fraction of sp³-hybridized carbons (Fsp3) is 0.444. The second kappa shape index (κ2) is 10.7. The van der Waals surface area contributed by atoms with Crippen molar-refractivity contribution >= 4 is 29.4 Å². The van der Waals surface area contributed by atoms with Gasteiger partial charge in [0, 0.05) is 0 Å². The molecule has 0 aliphatic heterocycles. The van der Waals surface area contributed by atoms with Gasteiger partial charge in [0.25, 0.3) is 0 Å². The normalized spacial score (nSPS) is 12.9. The number of sulfone groups is 1. The number of esters is 2. The van der Waals surface area contributed by atoms with E-state index in [1.807, 2.05) is 0 Å². The summed E-state index contributed by atoms with van der Waals surface area (Å²) in [5.74, 6) is -2.73. The van der Waals surface area contributed by atoms with Crippen LogP contribution in [-0.4, -0.2) is 47.8 Å². The summed E-state index contributed by atoms with van der Waals surface area (Å²) >= 11 is 0. The average molecular weight is 448 g/mol. The van der Waals surface area contributed by atoms with Gasteiger partial charge in [-0.15, -0.1) is 0 Å². The molecule has 0 saturated carbocycles. The first-order chi connectivity index (χ1) is 13.6. The molecule has 1 rings (SSSR count). The lowest BCUT2D eigenvalue weighted by molar-refractivity contribution is -0.138. The van der Waals surface area contributed by atoms with Crippen LogP contribution in [0.2, 0.25) is 0 Å². The number of hydrogen-bond acceptors (Lipinski definition) is 9. The molecular formula is C18H25O9PS. The summed E-state index contributed by atoms with van der Waals surface area (Å²) in [5.41, 5.74) is 0.390. The average Bonchev–Trinajstić information content (AvgIpc) is 2.70. The van der Waals surface area contributed by atoms with Crippen LogP contribution in [0.1, 0.15) is 26.3 Å². The molecule has 1 aromatic carbocycles. The second-order valence-corrected chi connectivity index (χ2v) is 9.27. The van der Waals surface area contributed by atoms with E-state index in [1.165, 1.54) is 26.0 Å². The molecule has 0 N–H and O–H groups in total. The van der Waals surface area contributed by atoms with E-state index >= 15 is 0 Å². The Hall–Kier alpha value is -2.00. The highest BCUT2D eigenvalue weighted by molar-refractivity contribution is 7.96. The summed E-state index contributed by atoms with van der Waals surface area (Å²) in [5, 5.41) is -1.03. The molecule has 9 nitrogen and oxygen atoms in total. The summed E-state index contributed by atoms with van der Waals surface area (Å²) in [4.78, 5) is 23.7. The minimum absolute atomic E-state index is 0.183. The second-order valence-electron chi connectivity index (χ2n) is 5.46. The Morgan fingerprint density at radius 3 is 1.90 bits per heavy atom. The Kier molecular flexibility index (Phi) is 9.22. The lowest BCUT2D eigenvalue weighted by Gasteiger charge is -2.21. The van der Waals surface area contributed by atoms with Crippen molar-refractivity contribution in [2.45, 2.75) is 32.1 Å². The van der Waals surface area contributed by atoms with Crippen molar-refractivity contribution in [1.29, 1.82) is 0 Å². The third-order valence-corrected chi connectivity index (χ3v) is 7.94. The van der Waals surface area contributed by atoms with Crippen molar-refractivity contribution in [1.82, 2.24) is 0 Å². The molecule has 11 heteroatoms. The van der Waals surface area contributed by atoms with Crippen LogP contribution in [0.25, 0.3) is 0 Å². The van der Waals surface area contributed by atoms with Gasteiger partial charge in [0.2, 0.25) is 9.84 Å². The number of hydrogen-bond donors (Lipinski definition) is 0. The third-order valence-electron chi connectivity index (χ3n) is 3.75. The van der Waals surface area contributed by atoms with Gasteiger partial charge in [0.1, 0.15) is 0 Å². The topological polar surface area (TPSA) is 122 Å². The van der Waals surface area contributed by atoms with Crippen LogP contribution in [0.4, 0.5) is 0 Å². The van der Waals surface area contributed by atoms with Gasteiger partial charge in [-0.1, -0.05) is 25.1 Å². The van der Waals surface area contributed by atoms with Crippen LogP contribution in [0, 0.1) is 0 Å². The molecule has 0 amide bonds. The molecule has 0 spiro atoms. The quantitative estimate of drug-likeness (QED) is 0.302. The lowest BCUT2D eigenvalue weighted by atomic mass is 10.2. The zero-order chi connectivity index (χ0) is 22.2. The molecule has 0 saturated heterocycles.